The molecule has 104 valence electrons. The molecule has 2 aromatic rings. The fourth-order valence-corrected chi connectivity index (χ4v) is 2.22. The van der Waals surface area contributed by atoms with Gasteiger partial charge in [0, 0.05) is 5.56 Å². The van der Waals surface area contributed by atoms with Gasteiger partial charge in [-0.3, -0.25) is 5.41 Å². The lowest BCUT2D eigenvalue weighted by Crippen LogP contribution is -2.10. The maximum absolute atomic E-state index is 7.36. The lowest BCUT2D eigenvalue weighted by atomic mass is 10.2. The van der Waals surface area contributed by atoms with E-state index < -0.39 is 0 Å². The second kappa shape index (κ2) is 6.15. The Labute approximate surface area is 130 Å². The van der Waals surface area contributed by atoms with E-state index in [0.717, 1.165) is 10.2 Å². The van der Waals surface area contributed by atoms with Crippen LogP contribution in [0.4, 0.5) is 0 Å². The number of rotatable bonds is 4. The third kappa shape index (κ3) is 3.23. The molecule has 20 heavy (non-hydrogen) atoms. The highest BCUT2D eigenvalue weighted by atomic mass is 79.9. The van der Waals surface area contributed by atoms with Crippen LogP contribution in [-0.2, 0) is 0 Å². The molecule has 0 radical (unpaired) electrons. The zero-order valence-electron chi connectivity index (χ0n) is 10.6. The molecule has 0 unspecified atom stereocenters. The Balaban J connectivity index is 2.28. The van der Waals surface area contributed by atoms with E-state index in [1.165, 1.54) is 0 Å². The van der Waals surface area contributed by atoms with Gasteiger partial charge in [-0.15, -0.1) is 0 Å². The fraction of sp³-hybridized carbons (Fsp3) is 0.0714. The zero-order valence-corrected chi connectivity index (χ0v) is 13.0. The summed E-state index contributed by atoms with van der Waals surface area (Å²) in [6, 6.07) is 10.3. The van der Waals surface area contributed by atoms with Crippen molar-refractivity contribution >= 4 is 33.4 Å². The topological polar surface area (TPSA) is 68.3 Å². The molecule has 0 aliphatic rings. The number of amidine groups is 1. The lowest BCUT2D eigenvalue weighted by molar-refractivity contribution is 0.412. The van der Waals surface area contributed by atoms with Crippen molar-refractivity contribution in [1.29, 1.82) is 5.41 Å². The summed E-state index contributed by atoms with van der Waals surface area (Å²) < 4.78 is 11.6. The first-order valence-electron chi connectivity index (χ1n) is 5.66. The first-order chi connectivity index (χ1) is 9.51. The number of nitrogen functional groups attached to an aromatic ring is 1. The SMILES string of the molecule is COc1ccc(Oc2ccc(C(=N)N)cc2Cl)c(Br)c1. The molecule has 2 rings (SSSR count). The molecular formula is C14H12BrClN2O2. The largest absolute Gasteiger partial charge is 0.497 e. The van der Waals surface area contributed by atoms with Crippen molar-refractivity contribution in [3.8, 4) is 17.2 Å². The van der Waals surface area contributed by atoms with Gasteiger partial charge < -0.3 is 15.2 Å². The van der Waals surface area contributed by atoms with E-state index in [1.54, 1.807) is 43.5 Å². The van der Waals surface area contributed by atoms with Crippen molar-refractivity contribution in [1.82, 2.24) is 0 Å². The van der Waals surface area contributed by atoms with E-state index >= 15 is 0 Å². The maximum atomic E-state index is 7.36. The van der Waals surface area contributed by atoms with Crippen molar-refractivity contribution in [3.63, 3.8) is 0 Å². The molecular weight excluding hydrogens is 344 g/mol. The van der Waals surface area contributed by atoms with E-state index in [0.29, 0.717) is 22.1 Å². The first kappa shape index (κ1) is 14.7. The predicted octanol–water partition coefficient (Wildman–Crippen LogP) is 4.19. The van der Waals surface area contributed by atoms with E-state index in [1.807, 2.05) is 0 Å². The third-order valence-electron chi connectivity index (χ3n) is 2.60. The van der Waals surface area contributed by atoms with Gasteiger partial charge in [0.1, 0.15) is 23.1 Å². The predicted molar refractivity (Wildman–Crippen MR) is 83.2 cm³/mol. The molecule has 0 heterocycles. The Kier molecular flexibility index (Phi) is 4.52. The van der Waals surface area contributed by atoms with Crippen LogP contribution < -0.4 is 15.2 Å². The minimum atomic E-state index is -0.0379. The molecule has 0 aliphatic carbocycles. The number of nitrogens with two attached hydrogens (primary N) is 1. The summed E-state index contributed by atoms with van der Waals surface area (Å²) in [5.41, 5.74) is 5.96. The summed E-state index contributed by atoms with van der Waals surface area (Å²) in [6.07, 6.45) is 0. The van der Waals surface area contributed by atoms with Crippen LogP contribution in [0.2, 0.25) is 5.02 Å². The van der Waals surface area contributed by atoms with Crippen LogP contribution in [0.3, 0.4) is 0 Å². The van der Waals surface area contributed by atoms with Crippen molar-refractivity contribution in [2.75, 3.05) is 7.11 Å². The molecule has 0 fully saturated rings. The van der Waals surface area contributed by atoms with Gasteiger partial charge in [0.05, 0.1) is 16.6 Å². The Morgan fingerprint density at radius 1 is 1.20 bits per heavy atom. The minimum Gasteiger partial charge on any atom is -0.497 e. The van der Waals surface area contributed by atoms with Crippen LogP contribution in [0.15, 0.2) is 40.9 Å². The van der Waals surface area contributed by atoms with Crippen molar-refractivity contribution in [3.05, 3.63) is 51.5 Å². The van der Waals surface area contributed by atoms with Crippen LogP contribution in [0.1, 0.15) is 5.56 Å². The number of nitrogens with one attached hydrogen (secondary N) is 1. The summed E-state index contributed by atoms with van der Waals surface area (Å²) in [4.78, 5) is 0. The van der Waals surface area contributed by atoms with Crippen LogP contribution >= 0.6 is 27.5 Å². The molecule has 3 N–H and O–H groups in total. The molecule has 0 aliphatic heterocycles. The summed E-state index contributed by atoms with van der Waals surface area (Å²) >= 11 is 9.52. The van der Waals surface area contributed by atoms with Gasteiger partial charge in [0.25, 0.3) is 0 Å². The molecule has 0 atom stereocenters. The molecule has 0 spiro atoms. The van der Waals surface area contributed by atoms with Crippen LogP contribution in [-0.4, -0.2) is 12.9 Å². The highest BCUT2D eigenvalue weighted by molar-refractivity contribution is 9.10. The zero-order chi connectivity index (χ0) is 14.7. The number of methoxy groups -OCH3 is 1. The second-order valence-electron chi connectivity index (χ2n) is 3.96. The number of ether oxygens (including phenoxy) is 2. The molecule has 0 amide bonds. The highest BCUT2D eigenvalue weighted by Gasteiger charge is 2.09. The van der Waals surface area contributed by atoms with E-state index in [2.05, 4.69) is 15.9 Å². The van der Waals surface area contributed by atoms with Crippen LogP contribution in [0, 0.1) is 5.41 Å². The molecule has 6 heteroatoms. The summed E-state index contributed by atoms with van der Waals surface area (Å²) in [7, 11) is 1.60. The quantitative estimate of drug-likeness (QED) is 0.638. The summed E-state index contributed by atoms with van der Waals surface area (Å²) in [6.45, 7) is 0. The normalized spacial score (nSPS) is 10.2. The van der Waals surface area contributed by atoms with Gasteiger partial charge >= 0.3 is 0 Å². The van der Waals surface area contributed by atoms with Crippen molar-refractivity contribution in [2.24, 2.45) is 5.73 Å². The van der Waals surface area contributed by atoms with Crippen molar-refractivity contribution in [2.45, 2.75) is 0 Å². The lowest BCUT2D eigenvalue weighted by Gasteiger charge is -2.11. The average molecular weight is 356 g/mol. The Bertz CT molecular complexity index is 662. The molecule has 4 nitrogen and oxygen atoms in total. The van der Waals surface area contributed by atoms with Gasteiger partial charge in [0.2, 0.25) is 0 Å². The van der Waals surface area contributed by atoms with Gasteiger partial charge in [-0.05, 0) is 52.3 Å². The fourth-order valence-electron chi connectivity index (χ4n) is 1.56. The number of halogens is 2. The number of hydrogen-bond donors (Lipinski definition) is 2. The number of hydrogen-bond acceptors (Lipinski definition) is 3. The van der Waals surface area contributed by atoms with Crippen LogP contribution in [0.25, 0.3) is 0 Å². The second-order valence-corrected chi connectivity index (χ2v) is 5.22. The molecule has 0 saturated carbocycles. The molecule has 2 aromatic carbocycles. The number of benzene rings is 2. The van der Waals surface area contributed by atoms with Gasteiger partial charge in [-0.2, -0.15) is 0 Å². The minimum absolute atomic E-state index is 0.0379. The Hall–Kier alpha value is -1.72. The Morgan fingerprint density at radius 3 is 2.45 bits per heavy atom. The third-order valence-corrected chi connectivity index (χ3v) is 3.52. The standard InChI is InChI=1S/C14H12BrClN2O2/c1-19-9-3-5-12(10(15)7-9)20-13-4-2-8(14(17)18)6-11(13)16/h2-7H,1H3,(H3,17,18). The monoisotopic (exact) mass is 354 g/mol. The first-order valence-corrected chi connectivity index (χ1v) is 6.83. The summed E-state index contributed by atoms with van der Waals surface area (Å²) in [5.74, 6) is 1.79. The molecule has 0 bridgehead atoms. The maximum Gasteiger partial charge on any atom is 0.146 e. The smallest absolute Gasteiger partial charge is 0.146 e. The average Bonchev–Trinajstić information content (AvgIpc) is 2.42. The van der Waals surface area contributed by atoms with Gasteiger partial charge in [-0.25, -0.2) is 0 Å². The highest BCUT2D eigenvalue weighted by Crippen LogP contribution is 2.35. The van der Waals surface area contributed by atoms with E-state index in [9.17, 15) is 0 Å². The molecule has 0 aromatic heterocycles. The summed E-state index contributed by atoms with van der Waals surface area (Å²) in [5, 5.41) is 7.75. The van der Waals surface area contributed by atoms with Crippen LogP contribution in [0.5, 0.6) is 17.2 Å². The molecule has 0 saturated heterocycles. The van der Waals surface area contributed by atoms with E-state index in [4.69, 9.17) is 32.2 Å². The van der Waals surface area contributed by atoms with Gasteiger partial charge in [-0.1, -0.05) is 11.6 Å². The van der Waals surface area contributed by atoms with Gasteiger partial charge in [0.15, 0.2) is 0 Å². The van der Waals surface area contributed by atoms with Crippen molar-refractivity contribution < 1.29 is 9.47 Å². The Morgan fingerprint density at radius 2 is 1.90 bits per heavy atom. The van der Waals surface area contributed by atoms with E-state index in [-0.39, 0.29) is 5.84 Å².